The standard InChI is InChI=1S/C28H31IN2O3/c1-3-21(2)30-28(33)26(18-22-10-6-4-7-11-22)31(19-23-12-8-5-9-13-23)27(32)20-34-25-16-14-24(29)15-17-25/h4-17,21,26H,3,18-20H2,1-2H3,(H,30,33)/t21-,26-/m1/s1. The van der Waals surface area contributed by atoms with Gasteiger partial charge in [-0.3, -0.25) is 9.59 Å². The molecule has 0 aromatic heterocycles. The van der Waals surface area contributed by atoms with Crippen molar-refractivity contribution in [2.75, 3.05) is 6.61 Å². The first-order chi connectivity index (χ1) is 16.5. The van der Waals surface area contributed by atoms with E-state index in [0.717, 1.165) is 21.1 Å². The molecule has 2 amide bonds. The van der Waals surface area contributed by atoms with Crippen molar-refractivity contribution < 1.29 is 14.3 Å². The van der Waals surface area contributed by atoms with Crippen LogP contribution >= 0.6 is 22.6 Å². The predicted molar refractivity (Wildman–Crippen MR) is 143 cm³/mol. The molecule has 0 saturated heterocycles. The summed E-state index contributed by atoms with van der Waals surface area (Å²) in [6.07, 6.45) is 1.23. The molecule has 5 nitrogen and oxygen atoms in total. The Kier molecular flexibility index (Phi) is 9.94. The summed E-state index contributed by atoms with van der Waals surface area (Å²) in [6.45, 7) is 4.18. The van der Waals surface area contributed by atoms with E-state index in [1.54, 1.807) is 4.90 Å². The van der Waals surface area contributed by atoms with E-state index < -0.39 is 6.04 Å². The Balaban J connectivity index is 1.88. The first-order valence-electron chi connectivity index (χ1n) is 11.5. The molecule has 0 aliphatic rings. The maximum atomic E-state index is 13.5. The highest BCUT2D eigenvalue weighted by molar-refractivity contribution is 14.1. The minimum absolute atomic E-state index is 0.0162. The van der Waals surface area contributed by atoms with Crippen LogP contribution in [0, 0.1) is 3.57 Å². The summed E-state index contributed by atoms with van der Waals surface area (Å²) < 4.78 is 6.89. The summed E-state index contributed by atoms with van der Waals surface area (Å²) in [5.74, 6) is 0.233. The lowest BCUT2D eigenvalue weighted by molar-refractivity contribution is -0.143. The Hall–Kier alpha value is -2.87. The fourth-order valence-corrected chi connectivity index (χ4v) is 3.89. The zero-order valence-corrected chi connectivity index (χ0v) is 21.8. The van der Waals surface area contributed by atoms with Gasteiger partial charge in [-0.25, -0.2) is 0 Å². The van der Waals surface area contributed by atoms with Gasteiger partial charge in [0, 0.05) is 22.6 Å². The van der Waals surface area contributed by atoms with E-state index in [1.165, 1.54) is 0 Å². The lowest BCUT2D eigenvalue weighted by atomic mass is 10.0. The van der Waals surface area contributed by atoms with Crippen LogP contribution in [0.5, 0.6) is 5.75 Å². The van der Waals surface area contributed by atoms with Gasteiger partial charge in [0.05, 0.1) is 0 Å². The van der Waals surface area contributed by atoms with Crippen molar-refractivity contribution in [3.8, 4) is 5.75 Å². The summed E-state index contributed by atoms with van der Waals surface area (Å²) in [4.78, 5) is 28.6. The van der Waals surface area contributed by atoms with Crippen LogP contribution in [-0.4, -0.2) is 35.4 Å². The molecule has 3 aromatic rings. The second kappa shape index (κ2) is 13.1. The van der Waals surface area contributed by atoms with Gasteiger partial charge in [-0.05, 0) is 71.3 Å². The minimum atomic E-state index is -0.663. The first kappa shape index (κ1) is 25.7. The molecule has 0 aliphatic carbocycles. The molecule has 1 N–H and O–H groups in total. The van der Waals surface area contributed by atoms with E-state index >= 15 is 0 Å². The molecule has 3 aromatic carbocycles. The van der Waals surface area contributed by atoms with Gasteiger partial charge in [0.25, 0.3) is 5.91 Å². The van der Waals surface area contributed by atoms with Gasteiger partial charge in [-0.15, -0.1) is 0 Å². The van der Waals surface area contributed by atoms with E-state index in [4.69, 9.17) is 4.74 Å². The summed E-state index contributed by atoms with van der Waals surface area (Å²) in [5, 5.41) is 3.08. The van der Waals surface area contributed by atoms with Crippen LogP contribution < -0.4 is 10.1 Å². The van der Waals surface area contributed by atoms with Gasteiger partial charge in [0.1, 0.15) is 11.8 Å². The number of hydrogen-bond acceptors (Lipinski definition) is 3. The third-order valence-electron chi connectivity index (χ3n) is 5.64. The van der Waals surface area contributed by atoms with Crippen molar-refractivity contribution >= 4 is 34.4 Å². The topological polar surface area (TPSA) is 58.6 Å². The number of amides is 2. The Bertz CT molecular complexity index is 1040. The van der Waals surface area contributed by atoms with Crippen molar-refractivity contribution in [1.82, 2.24) is 10.2 Å². The van der Waals surface area contributed by atoms with Crippen molar-refractivity contribution in [3.05, 3.63) is 99.6 Å². The average molecular weight is 570 g/mol. The number of halogens is 1. The molecule has 2 atom stereocenters. The van der Waals surface area contributed by atoms with Gasteiger partial charge in [0.15, 0.2) is 6.61 Å². The number of benzene rings is 3. The molecule has 0 bridgehead atoms. The molecule has 0 heterocycles. The van der Waals surface area contributed by atoms with Crippen LogP contribution in [0.2, 0.25) is 0 Å². The zero-order chi connectivity index (χ0) is 24.3. The predicted octanol–water partition coefficient (Wildman–Crippen LogP) is 5.22. The van der Waals surface area contributed by atoms with Crippen LogP contribution in [0.15, 0.2) is 84.9 Å². The molecule has 178 valence electrons. The van der Waals surface area contributed by atoms with Gasteiger partial charge in [-0.2, -0.15) is 0 Å². The average Bonchev–Trinajstić information content (AvgIpc) is 2.86. The second-order valence-corrected chi connectivity index (χ2v) is 9.52. The van der Waals surface area contributed by atoms with Crippen LogP contribution in [-0.2, 0) is 22.6 Å². The fraction of sp³-hybridized carbons (Fsp3) is 0.286. The van der Waals surface area contributed by atoms with Crippen LogP contribution in [0.1, 0.15) is 31.4 Å². The molecule has 0 unspecified atom stereocenters. The molecular weight excluding hydrogens is 539 g/mol. The highest BCUT2D eigenvalue weighted by Crippen LogP contribution is 2.17. The normalized spacial score (nSPS) is 12.4. The minimum Gasteiger partial charge on any atom is -0.484 e. The summed E-state index contributed by atoms with van der Waals surface area (Å²) >= 11 is 2.22. The van der Waals surface area contributed by atoms with E-state index in [-0.39, 0.29) is 24.5 Å². The first-order valence-corrected chi connectivity index (χ1v) is 12.6. The van der Waals surface area contributed by atoms with E-state index in [0.29, 0.717) is 18.7 Å². The summed E-state index contributed by atoms with van der Waals surface area (Å²) in [6, 6.07) is 26.4. The number of ether oxygens (including phenoxy) is 1. The zero-order valence-electron chi connectivity index (χ0n) is 19.6. The fourth-order valence-electron chi connectivity index (χ4n) is 3.53. The quantitative estimate of drug-likeness (QED) is 0.322. The number of hydrogen-bond donors (Lipinski definition) is 1. The molecule has 0 spiro atoms. The molecule has 6 heteroatoms. The molecule has 0 saturated carbocycles. The Morgan fingerprint density at radius 3 is 2.09 bits per heavy atom. The Morgan fingerprint density at radius 2 is 1.50 bits per heavy atom. The third kappa shape index (κ3) is 7.87. The van der Waals surface area contributed by atoms with Crippen molar-refractivity contribution in [2.45, 2.75) is 45.3 Å². The highest BCUT2D eigenvalue weighted by Gasteiger charge is 2.31. The smallest absolute Gasteiger partial charge is 0.261 e. The van der Waals surface area contributed by atoms with Gasteiger partial charge in [0.2, 0.25) is 5.91 Å². The lowest BCUT2D eigenvalue weighted by Gasteiger charge is -2.32. The molecule has 3 rings (SSSR count). The number of carbonyl (C=O) groups excluding carboxylic acids is 2. The number of nitrogens with zero attached hydrogens (tertiary/aromatic N) is 1. The number of rotatable bonds is 11. The Labute approximate surface area is 215 Å². The Morgan fingerprint density at radius 1 is 0.912 bits per heavy atom. The van der Waals surface area contributed by atoms with E-state index in [9.17, 15) is 9.59 Å². The van der Waals surface area contributed by atoms with Crippen molar-refractivity contribution in [2.24, 2.45) is 0 Å². The van der Waals surface area contributed by atoms with E-state index in [1.807, 2.05) is 98.8 Å². The maximum absolute atomic E-state index is 13.5. The van der Waals surface area contributed by atoms with Crippen molar-refractivity contribution in [1.29, 1.82) is 0 Å². The van der Waals surface area contributed by atoms with Crippen LogP contribution in [0.3, 0.4) is 0 Å². The number of carbonyl (C=O) groups is 2. The van der Waals surface area contributed by atoms with Crippen LogP contribution in [0.25, 0.3) is 0 Å². The monoisotopic (exact) mass is 570 g/mol. The highest BCUT2D eigenvalue weighted by atomic mass is 127. The molecule has 34 heavy (non-hydrogen) atoms. The van der Waals surface area contributed by atoms with Gasteiger partial charge < -0.3 is 15.0 Å². The summed E-state index contributed by atoms with van der Waals surface area (Å²) in [5.41, 5.74) is 1.95. The summed E-state index contributed by atoms with van der Waals surface area (Å²) in [7, 11) is 0. The molecule has 0 radical (unpaired) electrons. The van der Waals surface area contributed by atoms with Gasteiger partial charge >= 0.3 is 0 Å². The molecule has 0 aliphatic heterocycles. The van der Waals surface area contributed by atoms with Crippen LogP contribution in [0.4, 0.5) is 0 Å². The van der Waals surface area contributed by atoms with E-state index in [2.05, 4.69) is 27.9 Å². The van der Waals surface area contributed by atoms with Crippen molar-refractivity contribution in [3.63, 3.8) is 0 Å². The lowest BCUT2D eigenvalue weighted by Crippen LogP contribution is -2.53. The largest absolute Gasteiger partial charge is 0.484 e. The second-order valence-electron chi connectivity index (χ2n) is 8.27. The molecular formula is C28H31IN2O3. The SMILES string of the molecule is CC[C@@H](C)NC(=O)[C@@H](Cc1ccccc1)N(Cc1ccccc1)C(=O)COc1ccc(I)cc1. The maximum Gasteiger partial charge on any atom is 0.261 e. The third-order valence-corrected chi connectivity index (χ3v) is 6.36. The molecule has 0 fully saturated rings. The number of nitrogens with one attached hydrogen (secondary N) is 1. The van der Waals surface area contributed by atoms with Gasteiger partial charge in [-0.1, -0.05) is 67.6 Å².